The van der Waals surface area contributed by atoms with E-state index >= 15 is 0 Å². The Balaban J connectivity index is 0.00000312. The predicted octanol–water partition coefficient (Wildman–Crippen LogP) is 3.51. The Morgan fingerprint density at radius 1 is 1.12 bits per heavy atom. The number of rotatable bonds is 8. The van der Waals surface area contributed by atoms with Gasteiger partial charge in [-0.2, -0.15) is 0 Å². The molecule has 25 heavy (non-hydrogen) atoms. The average molecular weight is 456 g/mol. The lowest BCUT2D eigenvalue weighted by molar-refractivity contribution is 0.268. The van der Waals surface area contributed by atoms with Gasteiger partial charge < -0.3 is 19.9 Å². The molecule has 0 aliphatic heterocycles. The zero-order valence-electron chi connectivity index (χ0n) is 15.2. The highest BCUT2D eigenvalue weighted by atomic mass is 127. The van der Waals surface area contributed by atoms with Crippen molar-refractivity contribution >= 4 is 29.9 Å². The second-order valence-electron chi connectivity index (χ2n) is 6.09. The molecule has 2 N–H and O–H groups in total. The van der Waals surface area contributed by atoms with Gasteiger partial charge in [-0.15, -0.1) is 24.0 Å². The predicted molar refractivity (Wildman–Crippen MR) is 115 cm³/mol. The monoisotopic (exact) mass is 456 g/mol. The van der Waals surface area contributed by atoms with Gasteiger partial charge in [0.1, 0.15) is 5.75 Å². The Hall–Kier alpha value is -1.70. The maximum absolute atomic E-state index is 5.89. The highest BCUT2D eigenvalue weighted by Crippen LogP contribution is 2.18. The number of para-hydroxylation sites is 1. The van der Waals surface area contributed by atoms with E-state index in [-0.39, 0.29) is 24.0 Å². The smallest absolute Gasteiger partial charge is 0.191 e. The van der Waals surface area contributed by atoms with E-state index in [1.54, 1.807) is 7.05 Å². The van der Waals surface area contributed by atoms with E-state index in [9.17, 15) is 0 Å². The minimum Gasteiger partial charge on any atom is -0.493 e. The lowest BCUT2D eigenvalue weighted by Gasteiger charge is -2.15. The van der Waals surface area contributed by atoms with Gasteiger partial charge in [0, 0.05) is 44.6 Å². The van der Waals surface area contributed by atoms with Crippen LogP contribution in [0.2, 0.25) is 0 Å². The van der Waals surface area contributed by atoms with Crippen LogP contribution in [0, 0.1) is 5.92 Å². The summed E-state index contributed by atoms with van der Waals surface area (Å²) in [7, 11) is 1.78. The molecule has 0 aliphatic rings. The van der Waals surface area contributed by atoms with Crippen LogP contribution in [0.5, 0.6) is 5.75 Å². The molecule has 0 saturated carbocycles. The first-order valence-corrected chi connectivity index (χ1v) is 8.45. The van der Waals surface area contributed by atoms with Crippen LogP contribution < -0.4 is 15.4 Å². The molecule has 0 fully saturated rings. The molecule has 1 heterocycles. The second-order valence-corrected chi connectivity index (χ2v) is 6.09. The highest BCUT2D eigenvalue weighted by Gasteiger charge is 2.05. The van der Waals surface area contributed by atoms with Crippen molar-refractivity contribution in [2.24, 2.45) is 10.9 Å². The molecular weight excluding hydrogens is 427 g/mol. The topological polar surface area (TPSA) is 50.6 Å². The van der Waals surface area contributed by atoms with Crippen molar-refractivity contribution in [1.82, 2.24) is 15.2 Å². The van der Waals surface area contributed by atoms with Crippen molar-refractivity contribution in [3.63, 3.8) is 0 Å². The summed E-state index contributed by atoms with van der Waals surface area (Å²) in [4.78, 5) is 4.27. The van der Waals surface area contributed by atoms with E-state index in [0.717, 1.165) is 37.0 Å². The molecule has 0 radical (unpaired) electrons. The molecule has 0 spiro atoms. The van der Waals surface area contributed by atoms with E-state index < -0.39 is 0 Å². The van der Waals surface area contributed by atoms with Crippen molar-refractivity contribution in [3.8, 4) is 5.75 Å². The van der Waals surface area contributed by atoms with Crippen molar-refractivity contribution < 1.29 is 4.74 Å². The molecule has 1 aromatic heterocycles. The largest absolute Gasteiger partial charge is 0.493 e. The minimum absolute atomic E-state index is 0. The number of nitrogens with one attached hydrogen (secondary N) is 2. The van der Waals surface area contributed by atoms with Crippen LogP contribution in [-0.4, -0.2) is 30.7 Å². The Morgan fingerprint density at radius 2 is 1.84 bits per heavy atom. The average Bonchev–Trinajstić information content (AvgIpc) is 3.10. The first-order chi connectivity index (χ1) is 11.7. The number of ether oxygens (including phenoxy) is 1. The second kappa shape index (κ2) is 11.8. The van der Waals surface area contributed by atoms with Crippen LogP contribution in [0.3, 0.4) is 0 Å². The number of guanidine groups is 1. The van der Waals surface area contributed by atoms with Crippen molar-refractivity contribution in [3.05, 3.63) is 54.4 Å². The van der Waals surface area contributed by atoms with Crippen LogP contribution in [0.25, 0.3) is 0 Å². The molecule has 0 saturated heterocycles. The quantitative estimate of drug-likeness (QED) is 0.363. The fourth-order valence-corrected chi connectivity index (χ4v) is 2.27. The van der Waals surface area contributed by atoms with Gasteiger partial charge in [-0.25, -0.2) is 0 Å². The van der Waals surface area contributed by atoms with Gasteiger partial charge in [0.2, 0.25) is 0 Å². The molecule has 6 heteroatoms. The van der Waals surface area contributed by atoms with Gasteiger partial charge >= 0.3 is 0 Å². The number of aliphatic imine (C=N–C) groups is 1. The number of hydrogen-bond acceptors (Lipinski definition) is 2. The zero-order chi connectivity index (χ0) is 17.2. The molecule has 0 atom stereocenters. The first-order valence-electron chi connectivity index (χ1n) is 8.45. The maximum Gasteiger partial charge on any atom is 0.191 e. The standard InChI is InChI=1S/C19H28N4O.HI/c1-16(2)15-24-18-9-5-4-8-17(18)14-22-19(20-3)21-10-13-23-11-6-7-12-23;/h4-9,11-12,16H,10,13-15H2,1-3H3,(H2,20,21,22);1H. The molecule has 2 aromatic rings. The molecule has 1 aromatic carbocycles. The van der Waals surface area contributed by atoms with E-state index in [1.165, 1.54) is 0 Å². The summed E-state index contributed by atoms with van der Waals surface area (Å²) in [6.45, 7) is 7.43. The number of benzene rings is 1. The summed E-state index contributed by atoms with van der Waals surface area (Å²) >= 11 is 0. The molecule has 138 valence electrons. The fraction of sp³-hybridized carbons (Fsp3) is 0.421. The van der Waals surface area contributed by atoms with Gasteiger partial charge in [0.05, 0.1) is 6.61 Å². The summed E-state index contributed by atoms with van der Waals surface area (Å²) < 4.78 is 8.03. The number of nitrogens with zero attached hydrogens (tertiary/aromatic N) is 2. The van der Waals surface area contributed by atoms with Crippen molar-refractivity contribution in [2.45, 2.75) is 26.9 Å². The minimum atomic E-state index is 0. The summed E-state index contributed by atoms with van der Waals surface area (Å²) in [5, 5.41) is 6.67. The fourth-order valence-electron chi connectivity index (χ4n) is 2.27. The summed E-state index contributed by atoms with van der Waals surface area (Å²) in [5.41, 5.74) is 1.13. The van der Waals surface area contributed by atoms with E-state index in [4.69, 9.17) is 4.74 Å². The molecule has 0 amide bonds. The zero-order valence-corrected chi connectivity index (χ0v) is 17.6. The van der Waals surface area contributed by atoms with Gasteiger partial charge in [0.15, 0.2) is 5.96 Å². The van der Waals surface area contributed by atoms with Gasteiger partial charge in [0.25, 0.3) is 0 Å². The van der Waals surface area contributed by atoms with Gasteiger partial charge in [-0.3, -0.25) is 4.99 Å². The molecule has 0 aliphatic carbocycles. The molecular formula is C19H29IN4O. The SMILES string of the molecule is CN=C(NCCn1cccc1)NCc1ccccc1OCC(C)C.I. The summed E-state index contributed by atoms with van der Waals surface area (Å²) in [5.74, 6) is 2.23. The highest BCUT2D eigenvalue weighted by molar-refractivity contribution is 14.0. The Morgan fingerprint density at radius 3 is 2.52 bits per heavy atom. The lowest BCUT2D eigenvalue weighted by atomic mass is 10.2. The Kier molecular flexibility index (Phi) is 10.1. The number of hydrogen-bond donors (Lipinski definition) is 2. The van der Waals surface area contributed by atoms with Crippen LogP contribution in [0.1, 0.15) is 19.4 Å². The van der Waals surface area contributed by atoms with Crippen molar-refractivity contribution in [2.75, 3.05) is 20.2 Å². The van der Waals surface area contributed by atoms with Crippen LogP contribution in [0.15, 0.2) is 53.8 Å². The molecule has 0 unspecified atom stereocenters. The Bertz CT molecular complexity index is 626. The summed E-state index contributed by atoms with van der Waals surface area (Å²) in [6.07, 6.45) is 4.11. The van der Waals surface area contributed by atoms with E-state index in [0.29, 0.717) is 12.5 Å². The molecule has 5 nitrogen and oxygen atoms in total. The number of aromatic nitrogens is 1. The third-order valence-electron chi connectivity index (χ3n) is 3.54. The third kappa shape index (κ3) is 7.81. The molecule has 0 bridgehead atoms. The van der Waals surface area contributed by atoms with Crippen LogP contribution in [-0.2, 0) is 13.1 Å². The molecule has 2 rings (SSSR count). The Labute approximate surface area is 167 Å². The number of halogens is 1. The van der Waals surface area contributed by atoms with Gasteiger partial charge in [-0.05, 0) is 24.1 Å². The van der Waals surface area contributed by atoms with Crippen LogP contribution in [0.4, 0.5) is 0 Å². The van der Waals surface area contributed by atoms with E-state index in [1.807, 2.05) is 30.3 Å². The normalized spacial score (nSPS) is 11.1. The lowest BCUT2D eigenvalue weighted by Crippen LogP contribution is -2.38. The van der Waals surface area contributed by atoms with Crippen LogP contribution >= 0.6 is 24.0 Å². The van der Waals surface area contributed by atoms with Crippen molar-refractivity contribution in [1.29, 1.82) is 0 Å². The maximum atomic E-state index is 5.89. The van der Waals surface area contributed by atoms with E-state index in [2.05, 4.69) is 52.5 Å². The summed E-state index contributed by atoms with van der Waals surface area (Å²) in [6, 6.07) is 12.2. The first kappa shape index (κ1) is 21.3. The third-order valence-corrected chi connectivity index (χ3v) is 3.54. The van der Waals surface area contributed by atoms with Gasteiger partial charge in [-0.1, -0.05) is 32.0 Å².